The highest BCUT2D eigenvalue weighted by Crippen LogP contribution is 2.19. The van der Waals surface area contributed by atoms with Gasteiger partial charge in [0, 0.05) is 13.0 Å². The van der Waals surface area contributed by atoms with Gasteiger partial charge in [-0.05, 0) is 6.42 Å². The van der Waals surface area contributed by atoms with Gasteiger partial charge in [-0.1, -0.05) is 13.3 Å². The Balaban J connectivity index is 2.70. The van der Waals surface area contributed by atoms with Crippen LogP contribution in [0.5, 0.6) is 0 Å². The van der Waals surface area contributed by atoms with Crippen molar-refractivity contribution in [3.05, 3.63) is 0 Å². The van der Waals surface area contributed by atoms with E-state index in [4.69, 9.17) is 11.5 Å². The van der Waals surface area contributed by atoms with Crippen LogP contribution in [0, 0.1) is 0 Å². The summed E-state index contributed by atoms with van der Waals surface area (Å²) in [4.78, 5) is 24.3. The van der Waals surface area contributed by atoms with Crippen LogP contribution in [0.4, 0.5) is 0 Å². The van der Waals surface area contributed by atoms with Crippen molar-refractivity contribution >= 4 is 11.8 Å². The summed E-state index contributed by atoms with van der Waals surface area (Å²) in [6.45, 7) is 2.07. The molecule has 0 aromatic carbocycles. The first-order chi connectivity index (χ1) is 7.47. The molecule has 1 rings (SSSR count). The molecule has 1 aliphatic rings. The molecule has 1 fully saturated rings. The van der Waals surface area contributed by atoms with Crippen molar-refractivity contribution in [2.75, 3.05) is 6.54 Å². The molecule has 0 radical (unpaired) electrons. The molecule has 0 saturated carbocycles. The van der Waals surface area contributed by atoms with Crippen molar-refractivity contribution in [3.8, 4) is 0 Å². The fraction of sp³-hybridized carbons (Fsp3) is 0.800. The normalized spacial score (nSPS) is 26.8. The Morgan fingerprint density at radius 1 is 1.56 bits per heavy atom. The molecule has 3 atom stereocenters. The topological polar surface area (TPSA) is 110 Å². The highest BCUT2D eigenvalue weighted by Gasteiger charge is 2.39. The molecule has 6 nitrogen and oxygen atoms in total. The van der Waals surface area contributed by atoms with Crippen LogP contribution < -0.4 is 11.5 Å². The minimum atomic E-state index is -0.717. The number of amides is 2. The fourth-order valence-corrected chi connectivity index (χ4v) is 1.97. The van der Waals surface area contributed by atoms with E-state index in [9.17, 15) is 14.7 Å². The lowest BCUT2D eigenvalue weighted by molar-refractivity contribution is -0.138. The predicted octanol–water partition coefficient (Wildman–Crippen LogP) is -1.44. The van der Waals surface area contributed by atoms with Gasteiger partial charge in [-0.2, -0.15) is 0 Å². The quantitative estimate of drug-likeness (QED) is 0.548. The molecule has 5 N–H and O–H groups in total. The van der Waals surface area contributed by atoms with Gasteiger partial charge in [-0.25, -0.2) is 0 Å². The first-order valence-corrected chi connectivity index (χ1v) is 5.50. The molecule has 1 heterocycles. The minimum Gasteiger partial charge on any atom is -0.391 e. The number of nitrogens with two attached hydrogens (primary N) is 2. The summed E-state index contributed by atoms with van der Waals surface area (Å²) in [5.41, 5.74) is 10.9. The number of carbonyl (C=O) groups is 2. The highest BCUT2D eigenvalue weighted by molar-refractivity contribution is 5.89. The molecule has 1 aliphatic heterocycles. The van der Waals surface area contributed by atoms with Crippen LogP contribution in [0.1, 0.15) is 26.2 Å². The molecule has 0 bridgehead atoms. The number of nitrogens with zero attached hydrogens (tertiary/aromatic N) is 1. The van der Waals surface area contributed by atoms with E-state index in [2.05, 4.69) is 0 Å². The van der Waals surface area contributed by atoms with Crippen LogP contribution in [0.15, 0.2) is 0 Å². The molecular weight excluding hydrogens is 210 g/mol. The van der Waals surface area contributed by atoms with Crippen LogP contribution in [0.2, 0.25) is 0 Å². The predicted molar refractivity (Wildman–Crippen MR) is 58.2 cm³/mol. The van der Waals surface area contributed by atoms with Crippen molar-refractivity contribution < 1.29 is 14.7 Å². The maximum atomic E-state index is 11.9. The Bertz CT molecular complexity index is 282. The number of likely N-dealkylation sites (tertiary alicyclic amines) is 1. The van der Waals surface area contributed by atoms with Crippen molar-refractivity contribution in [2.24, 2.45) is 11.5 Å². The lowest BCUT2D eigenvalue weighted by Gasteiger charge is -2.24. The number of β-amino-alcohol motifs (C(OH)–C–C–N with tert-alkyl or cyclic N) is 1. The smallest absolute Gasteiger partial charge is 0.240 e. The molecular formula is C10H19N3O3. The van der Waals surface area contributed by atoms with Crippen molar-refractivity contribution in [2.45, 2.75) is 44.4 Å². The average Bonchev–Trinajstić information content (AvgIpc) is 2.59. The first-order valence-electron chi connectivity index (χ1n) is 5.50. The Hall–Kier alpha value is -1.14. The second kappa shape index (κ2) is 5.27. The number of aliphatic hydroxyl groups excluding tert-OH is 1. The van der Waals surface area contributed by atoms with Gasteiger partial charge in [0.2, 0.25) is 11.8 Å². The maximum Gasteiger partial charge on any atom is 0.240 e. The standard InChI is InChI=1S/C10H19N3O3/c1-2-3-7(11)10(16)13-5-6(14)4-8(13)9(12)15/h6-8,14H,2-5,11H2,1H3,(H2,12,15)/t6?,7-,8?/m1/s1. The van der Waals surface area contributed by atoms with Crippen LogP contribution >= 0.6 is 0 Å². The van der Waals surface area contributed by atoms with E-state index in [1.54, 1.807) is 0 Å². The molecule has 1 saturated heterocycles. The van der Waals surface area contributed by atoms with Gasteiger partial charge in [0.05, 0.1) is 12.1 Å². The Labute approximate surface area is 94.6 Å². The third-order valence-electron chi connectivity index (χ3n) is 2.81. The van der Waals surface area contributed by atoms with E-state index in [1.807, 2.05) is 6.92 Å². The van der Waals surface area contributed by atoms with E-state index in [0.29, 0.717) is 6.42 Å². The molecule has 92 valence electrons. The fourth-order valence-electron chi connectivity index (χ4n) is 1.97. The summed E-state index contributed by atoms with van der Waals surface area (Å²) >= 11 is 0. The van der Waals surface area contributed by atoms with E-state index < -0.39 is 24.1 Å². The lowest BCUT2D eigenvalue weighted by atomic mass is 10.1. The van der Waals surface area contributed by atoms with Crippen LogP contribution in [-0.2, 0) is 9.59 Å². The van der Waals surface area contributed by atoms with E-state index in [1.165, 1.54) is 4.90 Å². The number of rotatable bonds is 4. The molecule has 2 amide bonds. The van der Waals surface area contributed by atoms with E-state index >= 15 is 0 Å². The first kappa shape index (κ1) is 12.9. The number of primary amides is 1. The Kier molecular flexibility index (Phi) is 4.26. The summed E-state index contributed by atoms with van der Waals surface area (Å²) in [5.74, 6) is -0.893. The van der Waals surface area contributed by atoms with E-state index in [0.717, 1.165) is 6.42 Å². The number of aliphatic hydroxyl groups is 1. The molecule has 0 aliphatic carbocycles. The average molecular weight is 229 g/mol. The van der Waals surface area contributed by atoms with Crippen molar-refractivity contribution in [1.82, 2.24) is 4.90 Å². The Morgan fingerprint density at radius 3 is 2.69 bits per heavy atom. The summed E-state index contributed by atoms with van der Waals surface area (Å²) in [7, 11) is 0. The van der Waals surface area contributed by atoms with Gasteiger partial charge in [-0.3, -0.25) is 9.59 Å². The van der Waals surface area contributed by atoms with Gasteiger partial charge >= 0.3 is 0 Å². The van der Waals surface area contributed by atoms with Gasteiger partial charge in [0.25, 0.3) is 0 Å². The molecule has 0 aromatic rings. The monoisotopic (exact) mass is 229 g/mol. The zero-order chi connectivity index (χ0) is 12.3. The zero-order valence-corrected chi connectivity index (χ0v) is 9.43. The second-order valence-corrected chi connectivity index (χ2v) is 4.19. The molecule has 2 unspecified atom stereocenters. The van der Waals surface area contributed by atoms with Crippen LogP contribution in [0.3, 0.4) is 0 Å². The summed E-state index contributed by atoms with van der Waals surface area (Å²) < 4.78 is 0. The number of hydrogen-bond donors (Lipinski definition) is 3. The van der Waals surface area contributed by atoms with Gasteiger partial charge < -0.3 is 21.5 Å². The molecule has 0 spiro atoms. The maximum absolute atomic E-state index is 11.9. The van der Waals surface area contributed by atoms with Gasteiger partial charge in [-0.15, -0.1) is 0 Å². The van der Waals surface area contributed by atoms with Crippen LogP contribution in [0.25, 0.3) is 0 Å². The zero-order valence-electron chi connectivity index (χ0n) is 9.43. The highest BCUT2D eigenvalue weighted by atomic mass is 16.3. The van der Waals surface area contributed by atoms with Crippen molar-refractivity contribution in [3.63, 3.8) is 0 Å². The van der Waals surface area contributed by atoms with Gasteiger partial charge in [0.15, 0.2) is 0 Å². The van der Waals surface area contributed by atoms with Crippen molar-refractivity contribution in [1.29, 1.82) is 0 Å². The molecule has 16 heavy (non-hydrogen) atoms. The lowest BCUT2D eigenvalue weighted by Crippen LogP contribution is -2.50. The number of hydrogen-bond acceptors (Lipinski definition) is 4. The number of carbonyl (C=O) groups excluding carboxylic acids is 2. The summed E-state index contributed by atoms with van der Waals surface area (Å²) in [5, 5.41) is 9.44. The van der Waals surface area contributed by atoms with E-state index in [-0.39, 0.29) is 18.9 Å². The SMILES string of the molecule is CCC[C@@H](N)C(=O)N1CC(O)CC1C(N)=O. The minimum absolute atomic E-state index is 0.143. The Morgan fingerprint density at radius 2 is 2.19 bits per heavy atom. The molecule has 6 heteroatoms. The summed E-state index contributed by atoms with van der Waals surface area (Å²) in [6.07, 6.45) is 0.886. The second-order valence-electron chi connectivity index (χ2n) is 4.19. The third-order valence-corrected chi connectivity index (χ3v) is 2.81. The third kappa shape index (κ3) is 2.70. The molecule has 0 aromatic heterocycles. The largest absolute Gasteiger partial charge is 0.391 e. The summed E-state index contributed by atoms with van der Waals surface area (Å²) in [6, 6.07) is -1.33. The van der Waals surface area contributed by atoms with Crippen LogP contribution in [-0.4, -0.2) is 46.6 Å². The van der Waals surface area contributed by atoms with Gasteiger partial charge in [0.1, 0.15) is 6.04 Å².